The molecule has 0 saturated carbocycles. The van der Waals surface area contributed by atoms with Gasteiger partial charge in [0.2, 0.25) is 11.8 Å². The van der Waals surface area contributed by atoms with E-state index in [0.29, 0.717) is 25.8 Å². The Bertz CT molecular complexity index is 864. The zero-order valence-electron chi connectivity index (χ0n) is 19.7. The number of carbonyl (C=O) groups is 3. The molecule has 0 aliphatic carbocycles. The van der Waals surface area contributed by atoms with E-state index in [9.17, 15) is 19.5 Å². The van der Waals surface area contributed by atoms with Crippen LogP contribution in [0.2, 0.25) is 0 Å². The van der Waals surface area contributed by atoms with Gasteiger partial charge in [-0.05, 0) is 44.2 Å². The Morgan fingerprint density at radius 2 is 1.94 bits per heavy atom. The van der Waals surface area contributed by atoms with Gasteiger partial charge >= 0.3 is 5.97 Å². The minimum absolute atomic E-state index is 0.00568. The van der Waals surface area contributed by atoms with Gasteiger partial charge in [-0.1, -0.05) is 36.4 Å². The molecule has 1 aromatic rings. The number of aliphatic hydroxyl groups excluding tert-OH is 1. The summed E-state index contributed by atoms with van der Waals surface area (Å²) in [6.45, 7) is 11.1. The van der Waals surface area contributed by atoms with E-state index in [0.717, 1.165) is 11.1 Å². The predicted molar refractivity (Wildman–Crippen MR) is 127 cm³/mol. The second kappa shape index (κ2) is 12.3. The number of benzene rings is 1. The molecular weight excluding hydrogens is 420 g/mol. The number of aliphatic hydroxyl groups is 1. The van der Waals surface area contributed by atoms with Crippen molar-refractivity contribution in [1.29, 1.82) is 0 Å². The summed E-state index contributed by atoms with van der Waals surface area (Å²) in [6.07, 6.45) is 4.97. The van der Waals surface area contributed by atoms with E-state index >= 15 is 0 Å². The van der Waals surface area contributed by atoms with Crippen molar-refractivity contribution < 1.29 is 24.2 Å². The van der Waals surface area contributed by atoms with Gasteiger partial charge in [-0.25, -0.2) is 0 Å². The summed E-state index contributed by atoms with van der Waals surface area (Å²) in [5.74, 6) is -1.44. The average Bonchev–Trinajstić information content (AvgIpc) is 2.79. The first-order chi connectivity index (χ1) is 15.7. The topological polar surface area (TPSA) is 95.9 Å². The van der Waals surface area contributed by atoms with Gasteiger partial charge in [0.1, 0.15) is 6.61 Å². The van der Waals surface area contributed by atoms with E-state index in [2.05, 4.69) is 18.5 Å². The molecule has 0 spiro atoms. The molecule has 2 atom stereocenters. The molecule has 1 aliphatic rings. The number of carbonyl (C=O) groups excluding carboxylic acids is 3. The average molecular weight is 457 g/mol. The van der Waals surface area contributed by atoms with Crippen LogP contribution in [0.25, 0.3) is 0 Å². The Balaban J connectivity index is 2.01. The number of hydrogen-bond donors (Lipinski definition) is 2. The monoisotopic (exact) mass is 456 g/mol. The highest BCUT2D eigenvalue weighted by Gasteiger charge is 2.33. The van der Waals surface area contributed by atoms with Crippen LogP contribution in [0.15, 0.2) is 49.6 Å². The van der Waals surface area contributed by atoms with E-state index in [4.69, 9.17) is 4.74 Å². The van der Waals surface area contributed by atoms with Crippen LogP contribution in [0, 0.1) is 5.92 Å². The van der Waals surface area contributed by atoms with Gasteiger partial charge in [-0.2, -0.15) is 0 Å². The van der Waals surface area contributed by atoms with E-state index in [1.165, 1.54) is 0 Å². The van der Waals surface area contributed by atoms with Crippen molar-refractivity contribution in [2.75, 3.05) is 13.2 Å². The van der Waals surface area contributed by atoms with Crippen LogP contribution in [-0.2, 0) is 32.1 Å². The molecule has 0 unspecified atom stereocenters. The van der Waals surface area contributed by atoms with Crippen LogP contribution in [0.5, 0.6) is 0 Å². The lowest BCUT2D eigenvalue weighted by Crippen LogP contribution is -2.51. The molecule has 1 aliphatic heterocycles. The normalized spacial score (nSPS) is 16.3. The van der Waals surface area contributed by atoms with Gasteiger partial charge in [0.25, 0.3) is 0 Å². The van der Waals surface area contributed by atoms with Gasteiger partial charge < -0.3 is 20.1 Å². The molecule has 0 saturated heterocycles. The van der Waals surface area contributed by atoms with Crippen LogP contribution in [0.3, 0.4) is 0 Å². The molecule has 0 bridgehead atoms. The lowest BCUT2D eigenvalue weighted by molar-refractivity contribution is -0.146. The molecule has 7 nitrogen and oxygen atoms in total. The molecule has 33 heavy (non-hydrogen) atoms. The fraction of sp³-hybridized carbons (Fsp3) is 0.500. The van der Waals surface area contributed by atoms with Gasteiger partial charge in [0, 0.05) is 19.4 Å². The standard InChI is InChI=1S/C26H36N2O5/c1-5-7-13-24(31)33-18-26(3,4)27-25(32)20(10-6-2)15-23(30)28-16-21-12-9-8-11-19(21)14-22(28)17-29/h5-6,8-9,11-12,20,22,29H,1-2,7,10,13-18H2,3-4H3,(H,27,32)/t20-,22+/m1/s1. The molecule has 0 fully saturated rings. The zero-order chi connectivity index (χ0) is 24.4. The van der Waals surface area contributed by atoms with E-state index in [-0.39, 0.29) is 49.9 Å². The number of ether oxygens (including phenoxy) is 1. The molecule has 1 aromatic carbocycles. The molecule has 0 aromatic heterocycles. The van der Waals surface area contributed by atoms with Gasteiger partial charge in [0.05, 0.1) is 24.1 Å². The molecule has 0 radical (unpaired) electrons. The first-order valence-corrected chi connectivity index (χ1v) is 11.4. The van der Waals surface area contributed by atoms with Gasteiger partial charge in [-0.15, -0.1) is 13.2 Å². The Labute approximate surface area is 196 Å². The second-order valence-corrected chi connectivity index (χ2v) is 9.12. The summed E-state index contributed by atoms with van der Waals surface area (Å²) in [5, 5.41) is 12.8. The fourth-order valence-corrected chi connectivity index (χ4v) is 3.88. The van der Waals surface area contributed by atoms with Crippen molar-refractivity contribution in [3.05, 3.63) is 60.7 Å². The van der Waals surface area contributed by atoms with E-state index in [1.54, 1.807) is 30.9 Å². The third-order valence-corrected chi connectivity index (χ3v) is 5.74. The lowest BCUT2D eigenvalue weighted by Gasteiger charge is -2.37. The van der Waals surface area contributed by atoms with Gasteiger partial charge in [0.15, 0.2) is 0 Å². The third kappa shape index (κ3) is 7.86. The van der Waals surface area contributed by atoms with E-state index < -0.39 is 11.5 Å². The molecule has 180 valence electrons. The lowest BCUT2D eigenvalue weighted by atomic mass is 9.92. The number of allylic oxidation sites excluding steroid dienone is 2. The quantitative estimate of drug-likeness (QED) is 0.372. The summed E-state index contributed by atoms with van der Waals surface area (Å²) in [7, 11) is 0. The number of rotatable bonds is 12. The maximum atomic E-state index is 13.2. The molecule has 2 rings (SSSR count). The first-order valence-electron chi connectivity index (χ1n) is 11.4. The Morgan fingerprint density at radius 1 is 1.24 bits per heavy atom. The van der Waals surface area contributed by atoms with Crippen LogP contribution in [0.1, 0.15) is 50.7 Å². The summed E-state index contributed by atoms with van der Waals surface area (Å²) < 4.78 is 5.26. The van der Waals surface area contributed by atoms with Crippen LogP contribution >= 0.6 is 0 Å². The van der Waals surface area contributed by atoms with Crippen molar-refractivity contribution in [2.45, 2.75) is 64.1 Å². The highest BCUT2D eigenvalue weighted by atomic mass is 16.5. The second-order valence-electron chi connectivity index (χ2n) is 9.12. The maximum absolute atomic E-state index is 13.2. The Hall–Kier alpha value is -2.93. The van der Waals surface area contributed by atoms with Gasteiger partial charge in [-0.3, -0.25) is 14.4 Å². The van der Waals surface area contributed by atoms with Crippen molar-refractivity contribution in [1.82, 2.24) is 10.2 Å². The van der Waals surface area contributed by atoms with Crippen molar-refractivity contribution >= 4 is 17.8 Å². The summed E-state index contributed by atoms with van der Waals surface area (Å²) in [5.41, 5.74) is 1.39. The minimum Gasteiger partial charge on any atom is -0.463 e. The highest BCUT2D eigenvalue weighted by molar-refractivity contribution is 5.86. The number of nitrogens with zero attached hydrogens (tertiary/aromatic N) is 1. The number of hydrogen-bond acceptors (Lipinski definition) is 5. The molecule has 2 amide bonds. The number of nitrogens with one attached hydrogen (secondary N) is 1. The SMILES string of the molecule is C=CCCC(=O)OCC(C)(C)NC(=O)[C@H](CC=C)CC(=O)N1Cc2ccccc2C[C@H]1CO. The first kappa shape index (κ1) is 26.3. The Morgan fingerprint density at radius 3 is 2.58 bits per heavy atom. The third-order valence-electron chi connectivity index (χ3n) is 5.74. The highest BCUT2D eigenvalue weighted by Crippen LogP contribution is 2.25. The van der Waals surface area contributed by atoms with E-state index in [1.807, 2.05) is 24.3 Å². The summed E-state index contributed by atoms with van der Waals surface area (Å²) >= 11 is 0. The summed E-state index contributed by atoms with van der Waals surface area (Å²) in [4.78, 5) is 39.6. The number of amides is 2. The van der Waals surface area contributed by atoms with Crippen molar-refractivity contribution in [2.24, 2.45) is 5.92 Å². The van der Waals surface area contributed by atoms with Crippen molar-refractivity contribution in [3.63, 3.8) is 0 Å². The molecule has 7 heteroatoms. The molecular formula is C26H36N2O5. The van der Waals surface area contributed by atoms with Crippen LogP contribution < -0.4 is 5.32 Å². The smallest absolute Gasteiger partial charge is 0.306 e. The molecule has 2 N–H and O–H groups in total. The minimum atomic E-state index is -0.791. The van der Waals surface area contributed by atoms with Crippen LogP contribution in [-0.4, -0.2) is 52.6 Å². The Kier molecular flexibility index (Phi) is 9.85. The predicted octanol–water partition coefficient (Wildman–Crippen LogP) is 2.92. The number of fused-ring (bicyclic) bond motifs is 1. The number of esters is 1. The molecule has 1 heterocycles. The fourth-order valence-electron chi connectivity index (χ4n) is 3.88. The summed E-state index contributed by atoms with van der Waals surface area (Å²) in [6, 6.07) is 7.57. The maximum Gasteiger partial charge on any atom is 0.306 e. The van der Waals surface area contributed by atoms with Crippen LogP contribution in [0.4, 0.5) is 0 Å². The van der Waals surface area contributed by atoms with Crippen molar-refractivity contribution in [3.8, 4) is 0 Å². The zero-order valence-corrected chi connectivity index (χ0v) is 19.7. The largest absolute Gasteiger partial charge is 0.463 e.